The molecule has 1 aromatic carbocycles. The van der Waals surface area contributed by atoms with Crippen molar-refractivity contribution in [1.29, 1.82) is 0 Å². The summed E-state index contributed by atoms with van der Waals surface area (Å²) in [6.07, 6.45) is 2.78. The number of hydrogen-bond donors (Lipinski definition) is 2. The predicted molar refractivity (Wildman–Crippen MR) is 113 cm³/mol. The molecule has 2 aromatic rings. The first-order valence-electron chi connectivity index (χ1n) is 9.63. The van der Waals surface area contributed by atoms with Gasteiger partial charge in [0.15, 0.2) is 6.61 Å². The normalized spacial score (nSPS) is 16.4. The molecule has 0 aliphatic heterocycles. The molecular formula is C22H28N2O3S. The van der Waals surface area contributed by atoms with Gasteiger partial charge in [0, 0.05) is 4.88 Å². The highest BCUT2D eigenvalue weighted by Crippen LogP contribution is 2.39. The van der Waals surface area contributed by atoms with Gasteiger partial charge in [-0.15, -0.1) is 11.3 Å². The smallest absolute Gasteiger partial charge is 0.262 e. The number of benzene rings is 1. The number of anilines is 1. The minimum atomic E-state index is -0.485. The van der Waals surface area contributed by atoms with Crippen LogP contribution in [0.2, 0.25) is 0 Å². The first-order chi connectivity index (χ1) is 13.2. The molecule has 0 unspecified atom stereocenters. The fraction of sp³-hybridized carbons (Fsp3) is 0.455. The first-order valence-corrected chi connectivity index (χ1v) is 10.4. The maximum Gasteiger partial charge on any atom is 0.262 e. The molecule has 1 aromatic heterocycles. The fourth-order valence-electron chi connectivity index (χ4n) is 3.62. The largest absolute Gasteiger partial charge is 0.483 e. The standard InChI is InChI=1S/C22H28N2O3S/c1-13-9-10-14-17(11-13)28-21(19(14)20(23)26)24-18(25)12-27-16-8-6-5-7-15(16)22(2,3)4/h5-8,13H,9-12H2,1-4H3,(H2,23,26)(H,24,25)/t13-/m1/s1. The van der Waals surface area contributed by atoms with E-state index in [-0.39, 0.29) is 17.9 Å². The van der Waals surface area contributed by atoms with Crippen molar-refractivity contribution in [1.82, 2.24) is 0 Å². The molecule has 0 spiro atoms. The van der Waals surface area contributed by atoms with Crippen LogP contribution >= 0.6 is 11.3 Å². The van der Waals surface area contributed by atoms with E-state index in [2.05, 4.69) is 33.0 Å². The molecule has 3 rings (SSSR count). The summed E-state index contributed by atoms with van der Waals surface area (Å²) in [6, 6.07) is 7.73. The summed E-state index contributed by atoms with van der Waals surface area (Å²) in [7, 11) is 0. The molecule has 3 N–H and O–H groups in total. The second kappa shape index (κ2) is 7.95. The SMILES string of the molecule is C[C@@H]1CCc2c(sc(NC(=O)COc3ccccc3C(C)(C)C)c2C(N)=O)C1. The predicted octanol–water partition coefficient (Wildman–Crippen LogP) is 4.29. The summed E-state index contributed by atoms with van der Waals surface area (Å²) in [4.78, 5) is 25.7. The number of para-hydroxylation sites is 1. The number of carbonyl (C=O) groups excluding carboxylic acids is 2. The lowest BCUT2D eigenvalue weighted by Gasteiger charge is -2.22. The van der Waals surface area contributed by atoms with E-state index in [0.717, 1.165) is 35.3 Å². The van der Waals surface area contributed by atoms with Crippen molar-refractivity contribution in [3.63, 3.8) is 0 Å². The third-order valence-corrected chi connectivity index (χ3v) is 6.23. The van der Waals surface area contributed by atoms with Crippen LogP contribution in [0, 0.1) is 5.92 Å². The molecule has 0 radical (unpaired) electrons. The number of rotatable bonds is 5. The molecule has 0 saturated heterocycles. The Labute approximate surface area is 170 Å². The molecule has 150 valence electrons. The number of hydrogen-bond acceptors (Lipinski definition) is 4. The Bertz CT molecular complexity index is 896. The maximum absolute atomic E-state index is 12.5. The second-order valence-electron chi connectivity index (χ2n) is 8.50. The first kappa shape index (κ1) is 20.4. The van der Waals surface area contributed by atoms with Gasteiger partial charge < -0.3 is 15.8 Å². The summed E-state index contributed by atoms with van der Waals surface area (Å²) in [6.45, 7) is 8.39. The van der Waals surface area contributed by atoms with E-state index < -0.39 is 5.91 Å². The van der Waals surface area contributed by atoms with Gasteiger partial charge >= 0.3 is 0 Å². The van der Waals surface area contributed by atoms with Crippen molar-refractivity contribution in [3.8, 4) is 5.75 Å². The molecule has 28 heavy (non-hydrogen) atoms. The van der Waals surface area contributed by atoms with E-state index in [4.69, 9.17) is 10.5 Å². The average molecular weight is 401 g/mol. The van der Waals surface area contributed by atoms with E-state index in [1.54, 1.807) is 0 Å². The maximum atomic E-state index is 12.5. The van der Waals surface area contributed by atoms with Gasteiger partial charge in [-0.25, -0.2) is 0 Å². The minimum Gasteiger partial charge on any atom is -0.483 e. The third kappa shape index (κ3) is 4.38. The summed E-state index contributed by atoms with van der Waals surface area (Å²) in [5.41, 5.74) is 8.04. The second-order valence-corrected chi connectivity index (χ2v) is 9.61. The van der Waals surface area contributed by atoms with Crippen molar-refractivity contribution in [2.24, 2.45) is 11.7 Å². The van der Waals surface area contributed by atoms with Crippen LogP contribution in [0.5, 0.6) is 5.75 Å². The van der Waals surface area contributed by atoms with E-state index in [1.807, 2.05) is 24.3 Å². The van der Waals surface area contributed by atoms with Crippen LogP contribution in [0.1, 0.15) is 60.5 Å². The van der Waals surface area contributed by atoms with Crippen LogP contribution in [0.15, 0.2) is 24.3 Å². The average Bonchev–Trinajstić information content (AvgIpc) is 2.96. The van der Waals surface area contributed by atoms with Crippen LogP contribution in [0.25, 0.3) is 0 Å². The summed E-state index contributed by atoms with van der Waals surface area (Å²) >= 11 is 1.46. The van der Waals surface area contributed by atoms with Gasteiger partial charge in [0.05, 0.1) is 5.56 Å². The van der Waals surface area contributed by atoms with Crippen LogP contribution in [-0.2, 0) is 23.1 Å². The van der Waals surface area contributed by atoms with Gasteiger partial charge in [-0.1, -0.05) is 45.9 Å². The topological polar surface area (TPSA) is 81.4 Å². The van der Waals surface area contributed by atoms with Crippen LogP contribution in [-0.4, -0.2) is 18.4 Å². The van der Waals surface area contributed by atoms with Crippen molar-refractivity contribution in [2.75, 3.05) is 11.9 Å². The number of fused-ring (bicyclic) bond motifs is 1. The molecule has 5 nitrogen and oxygen atoms in total. The van der Waals surface area contributed by atoms with Gasteiger partial charge in [0.1, 0.15) is 10.8 Å². The summed E-state index contributed by atoms with van der Waals surface area (Å²) in [5, 5.41) is 3.39. The zero-order valence-electron chi connectivity index (χ0n) is 16.9. The van der Waals surface area contributed by atoms with Crippen LogP contribution in [0.3, 0.4) is 0 Å². The van der Waals surface area contributed by atoms with Gasteiger partial charge in [0.2, 0.25) is 0 Å². The van der Waals surface area contributed by atoms with Crippen molar-refractivity contribution in [2.45, 2.75) is 52.4 Å². The van der Waals surface area contributed by atoms with Gasteiger partial charge in [-0.2, -0.15) is 0 Å². The Morgan fingerprint density at radius 1 is 1.29 bits per heavy atom. The highest BCUT2D eigenvalue weighted by Gasteiger charge is 2.27. The quantitative estimate of drug-likeness (QED) is 0.786. The Morgan fingerprint density at radius 2 is 2.00 bits per heavy atom. The number of thiophene rings is 1. The number of carbonyl (C=O) groups is 2. The molecule has 1 aliphatic rings. The Balaban J connectivity index is 1.74. The molecule has 1 heterocycles. The van der Waals surface area contributed by atoms with Crippen molar-refractivity contribution in [3.05, 3.63) is 45.8 Å². The van der Waals surface area contributed by atoms with E-state index in [1.165, 1.54) is 11.3 Å². The highest BCUT2D eigenvalue weighted by atomic mass is 32.1. The van der Waals surface area contributed by atoms with Gasteiger partial charge in [-0.3, -0.25) is 9.59 Å². The van der Waals surface area contributed by atoms with Gasteiger partial charge in [0.25, 0.3) is 11.8 Å². The lowest BCUT2D eigenvalue weighted by atomic mass is 9.86. The Hall–Kier alpha value is -2.34. The highest BCUT2D eigenvalue weighted by molar-refractivity contribution is 7.17. The lowest BCUT2D eigenvalue weighted by molar-refractivity contribution is -0.118. The number of nitrogens with one attached hydrogen (secondary N) is 1. The van der Waals surface area contributed by atoms with E-state index in [0.29, 0.717) is 22.2 Å². The molecule has 1 aliphatic carbocycles. The van der Waals surface area contributed by atoms with Crippen molar-refractivity contribution < 1.29 is 14.3 Å². The number of amides is 2. The fourth-order valence-corrected chi connectivity index (χ4v) is 5.05. The number of ether oxygens (including phenoxy) is 1. The number of nitrogens with two attached hydrogens (primary N) is 1. The molecule has 2 amide bonds. The molecule has 0 saturated carbocycles. The van der Waals surface area contributed by atoms with Crippen LogP contribution < -0.4 is 15.8 Å². The Kier molecular flexibility index (Phi) is 5.79. The monoisotopic (exact) mass is 400 g/mol. The minimum absolute atomic E-state index is 0.0876. The van der Waals surface area contributed by atoms with E-state index >= 15 is 0 Å². The summed E-state index contributed by atoms with van der Waals surface area (Å²) in [5.74, 6) is 0.492. The molecule has 0 bridgehead atoms. The molecule has 0 fully saturated rings. The van der Waals surface area contributed by atoms with E-state index in [9.17, 15) is 9.59 Å². The lowest BCUT2D eigenvalue weighted by Crippen LogP contribution is -2.23. The zero-order valence-corrected chi connectivity index (χ0v) is 17.7. The van der Waals surface area contributed by atoms with Gasteiger partial charge in [-0.05, 0) is 47.8 Å². The van der Waals surface area contributed by atoms with Crippen LogP contribution in [0.4, 0.5) is 5.00 Å². The zero-order chi connectivity index (χ0) is 20.5. The molecular weight excluding hydrogens is 372 g/mol. The molecule has 6 heteroatoms. The Morgan fingerprint density at radius 3 is 2.68 bits per heavy atom. The summed E-state index contributed by atoms with van der Waals surface area (Å²) < 4.78 is 5.79. The van der Waals surface area contributed by atoms with Crippen molar-refractivity contribution >= 4 is 28.2 Å². The number of primary amides is 1. The molecule has 1 atom stereocenters. The third-order valence-electron chi connectivity index (χ3n) is 5.06.